The highest BCUT2D eigenvalue weighted by atomic mass is 35.5. The Hall–Kier alpha value is -0.820. The van der Waals surface area contributed by atoms with Crippen LogP contribution >= 0.6 is 11.6 Å². The molecule has 1 aromatic rings. The number of sulfonamides is 1. The van der Waals surface area contributed by atoms with Gasteiger partial charge in [-0.15, -0.1) is 0 Å². The quantitative estimate of drug-likeness (QED) is 0.821. The first-order valence-electron chi connectivity index (χ1n) is 5.52. The lowest BCUT2D eigenvalue weighted by Gasteiger charge is -2.34. The summed E-state index contributed by atoms with van der Waals surface area (Å²) in [6.07, 6.45) is 1.49. The fraction of sp³-hybridized carbons (Fsp3) is 0.455. The average Bonchev–Trinajstić information content (AvgIpc) is 2.26. The standard InChI is InChI=1S/C11H15ClN2O3S/c1-17-9-5-8(6-9)14-18(15,16)11-4-7(13)2-3-10(11)12/h2-4,8-9,14H,5-6,13H2,1H3. The third kappa shape index (κ3) is 2.77. The molecule has 0 bridgehead atoms. The van der Waals surface area contributed by atoms with E-state index in [0.29, 0.717) is 18.5 Å². The molecule has 0 heterocycles. The zero-order valence-electron chi connectivity index (χ0n) is 9.89. The smallest absolute Gasteiger partial charge is 0.242 e. The average molecular weight is 291 g/mol. The summed E-state index contributed by atoms with van der Waals surface area (Å²) in [6, 6.07) is 4.30. The van der Waals surface area contributed by atoms with Crippen LogP contribution in [0.1, 0.15) is 12.8 Å². The molecule has 1 aromatic carbocycles. The minimum absolute atomic E-state index is 0.0185. The summed E-state index contributed by atoms with van der Waals surface area (Å²) in [6.45, 7) is 0. The largest absolute Gasteiger partial charge is 0.399 e. The van der Waals surface area contributed by atoms with Crippen molar-refractivity contribution in [2.75, 3.05) is 12.8 Å². The molecular formula is C11H15ClN2O3S. The van der Waals surface area contributed by atoms with Crippen molar-refractivity contribution in [1.29, 1.82) is 0 Å². The maximum absolute atomic E-state index is 12.1. The Bertz CT molecular complexity index is 541. The highest BCUT2D eigenvalue weighted by molar-refractivity contribution is 7.89. The second kappa shape index (κ2) is 5.05. The Morgan fingerprint density at radius 2 is 2.11 bits per heavy atom. The van der Waals surface area contributed by atoms with E-state index < -0.39 is 10.0 Å². The van der Waals surface area contributed by atoms with Crippen molar-refractivity contribution in [2.24, 2.45) is 0 Å². The summed E-state index contributed by atoms with van der Waals surface area (Å²) in [5.74, 6) is 0. The van der Waals surface area contributed by atoms with Crippen molar-refractivity contribution in [3.05, 3.63) is 23.2 Å². The number of halogens is 1. The van der Waals surface area contributed by atoms with E-state index in [-0.39, 0.29) is 22.1 Å². The van der Waals surface area contributed by atoms with Gasteiger partial charge >= 0.3 is 0 Å². The van der Waals surface area contributed by atoms with Gasteiger partial charge in [-0.2, -0.15) is 0 Å². The lowest BCUT2D eigenvalue weighted by molar-refractivity contribution is 0.0236. The molecule has 0 aliphatic heterocycles. The lowest BCUT2D eigenvalue weighted by atomic mass is 9.90. The summed E-state index contributed by atoms with van der Waals surface area (Å²) in [4.78, 5) is 0.0185. The molecule has 2 rings (SSSR count). The molecule has 7 heteroatoms. The van der Waals surface area contributed by atoms with E-state index in [0.717, 1.165) is 0 Å². The van der Waals surface area contributed by atoms with Crippen molar-refractivity contribution >= 4 is 27.3 Å². The van der Waals surface area contributed by atoms with Gasteiger partial charge in [-0.25, -0.2) is 13.1 Å². The van der Waals surface area contributed by atoms with Gasteiger partial charge in [-0.05, 0) is 31.0 Å². The van der Waals surface area contributed by atoms with Crippen molar-refractivity contribution in [2.45, 2.75) is 29.9 Å². The predicted octanol–water partition coefficient (Wildman–Crippen LogP) is 1.38. The Balaban J connectivity index is 2.14. The van der Waals surface area contributed by atoms with E-state index in [2.05, 4.69) is 4.72 Å². The van der Waals surface area contributed by atoms with Crippen LogP contribution in [-0.4, -0.2) is 27.7 Å². The first kappa shape index (κ1) is 13.6. The van der Waals surface area contributed by atoms with Gasteiger partial charge in [-0.3, -0.25) is 0 Å². The number of methoxy groups -OCH3 is 1. The van der Waals surface area contributed by atoms with Gasteiger partial charge in [0.05, 0.1) is 11.1 Å². The van der Waals surface area contributed by atoms with E-state index in [1.54, 1.807) is 13.2 Å². The van der Waals surface area contributed by atoms with Crippen LogP contribution in [-0.2, 0) is 14.8 Å². The molecule has 0 radical (unpaired) electrons. The fourth-order valence-corrected chi connectivity index (χ4v) is 3.66. The van der Waals surface area contributed by atoms with Crippen molar-refractivity contribution in [3.8, 4) is 0 Å². The molecule has 1 aliphatic rings. The monoisotopic (exact) mass is 290 g/mol. The Labute approximate surface area is 111 Å². The number of rotatable bonds is 4. The van der Waals surface area contributed by atoms with Crippen LogP contribution in [0.2, 0.25) is 5.02 Å². The number of hydrogen-bond donors (Lipinski definition) is 2. The summed E-state index contributed by atoms with van der Waals surface area (Å²) in [7, 11) is -2.01. The molecule has 5 nitrogen and oxygen atoms in total. The topological polar surface area (TPSA) is 81.4 Å². The minimum Gasteiger partial charge on any atom is -0.399 e. The van der Waals surface area contributed by atoms with E-state index >= 15 is 0 Å². The van der Waals surface area contributed by atoms with Gasteiger partial charge in [0.2, 0.25) is 10.0 Å². The van der Waals surface area contributed by atoms with E-state index in [1.807, 2.05) is 0 Å². The van der Waals surface area contributed by atoms with Crippen molar-refractivity contribution in [1.82, 2.24) is 4.72 Å². The summed E-state index contributed by atoms with van der Waals surface area (Å²) in [5.41, 5.74) is 5.94. The molecule has 0 spiro atoms. The Morgan fingerprint density at radius 3 is 2.72 bits per heavy atom. The number of benzene rings is 1. The number of anilines is 1. The third-order valence-corrected chi connectivity index (χ3v) is 5.00. The van der Waals surface area contributed by atoms with Gasteiger partial charge in [-0.1, -0.05) is 11.6 Å². The molecule has 1 aliphatic carbocycles. The minimum atomic E-state index is -3.62. The normalized spacial score (nSPS) is 23.7. The molecule has 0 saturated heterocycles. The van der Waals surface area contributed by atoms with Gasteiger partial charge in [0.1, 0.15) is 4.90 Å². The summed E-state index contributed by atoms with van der Waals surface area (Å²) >= 11 is 5.88. The molecule has 18 heavy (non-hydrogen) atoms. The number of nitrogens with one attached hydrogen (secondary N) is 1. The summed E-state index contributed by atoms with van der Waals surface area (Å²) < 4.78 is 31.9. The number of nitrogens with two attached hydrogens (primary N) is 1. The van der Waals surface area contributed by atoms with Crippen LogP contribution in [0.25, 0.3) is 0 Å². The molecule has 0 amide bonds. The molecule has 1 fully saturated rings. The fourth-order valence-electron chi connectivity index (χ4n) is 1.86. The van der Waals surface area contributed by atoms with Gasteiger partial charge < -0.3 is 10.5 Å². The van der Waals surface area contributed by atoms with Crippen LogP contribution in [0.15, 0.2) is 23.1 Å². The second-order valence-electron chi connectivity index (χ2n) is 4.34. The molecule has 0 aromatic heterocycles. The SMILES string of the molecule is COC1CC(NS(=O)(=O)c2cc(N)ccc2Cl)C1. The van der Waals surface area contributed by atoms with E-state index in [1.165, 1.54) is 12.1 Å². The molecule has 3 N–H and O–H groups in total. The zero-order valence-corrected chi connectivity index (χ0v) is 11.5. The van der Waals surface area contributed by atoms with Gasteiger partial charge in [0.15, 0.2) is 0 Å². The van der Waals surface area contributed by atoms with Gasteiger partial charge in [0.25, 0.3) is 0 Å². The first-order chi connectivity index (χ1) is 8.42. The number of hydrogen-bond acceptors (Lipinski definition) is 4. The van der Waals surface area contributed by atoms with E-state index in [4.69, 9.17) is 22.1 Å². The lowest BCUT2D eigenvalue weighted by Crippen LogP contribution is -2.47. The highest BCUT2D eigenvalue weighted by Gasteiger charge is 2.33. The maximum Gasteiger partial charge on any atom is 0.242 e. The van der Waals surface area contributed by atoms with Crippen LogP contribution in [0, 0.1) is 0 Å². The molecule has 100 valence electrons. The van der Waals surface area contributed by atoms with Crippen LogP contribution in [0.5, 0.6) is 0 Å². The predicted molar refractivity (Wildman–Crippen MR) is 70.0 cm³/mol. The number of ether oxygens (including phenoxy) is 1. The molecular weight excluding hydrogens is 276 g/mol. The van der Waals surface area contributed by atoms with Crippen LogP contribution < -0.4 is 10.5 Å². The maximum atomic E-state index is 12.1. The van der Waals surface area contributed by atoms with Crippen LogP contribution in [0.4, 0.5) is 5.69 Å². The van der Waals surface area contributed by atoms with Gasteiger partial charge in [0, 0.05) is 18.8 Å². The van der Waals surface area contributed by atoms with Crippen molar-refractivity contribution in [3.63, 3.8) is 0 Å². The third-order valence-electron chi connectivity index (χ3n) is 2.99. The molecule has 0 unspecified atom stereocenters. The first-order valence-corrected chi connectivity index (χ1v) is 7.38. The van der Waals surface area contributed by atoms with Crippen LogP contribution in [0.3, 0.4) is 0 Å². The summed E-state index contributed by atoms with van der Waals surface area (Å²) in [5, 5.41) is 0.166. The highest BCUT2D eigenvalue weighted by Crippen LogP contribution is 2.27. The second-order valence-corrected chi connectivity index (χ2v) is 6.43. The molecule has 1 saturated carbocycles. The van der Waals surface area contributed by atoms with Crippen molar-refractivity contribution < 1.29 is 13.2 Å². The van der Waals surface area contributed by atoms with E-state index in [9.17, 15) is 8.42 Å². The molecule has 0 atom stereocenters. The Morgan fingerprint density at radius 1 is 1.44 bits per heavy atom. The zero-order chi connectivity index (χ0) is 13.3. The number of nitrogen functional groups attached to an aromatic ring is 1. The Kier molecular flexibility index (Phi) is 3.82.